The highest BCUT2D eigenvalue weighted by Gasteiger charge is 2.59. The Hall–Kier alpha value is 0.230. The van der Waals surface area contributed by atoms with E-state index in [2.05, 4.69) is 0 Å². The number of hydrogen-bond donors (Lipinski definition) is 1. The lowest BCUT2D eigenvalue weighted by Gasteiger charge is -2.41. The molecule has 1 aliphatic carbocycles. The normalized spacial score (nSPS) is 41.1. The molecule has 5 heteroatoms. The lowest BCUT2D eigenvalue weighted by atomic mass is 9.78. The Labute approximate surface area is 64.9 Å². The van der Waals surface area contributed by atoms with E-state index in [0.29, 0.717) is 0 Å². The molecular formula is C5H7BrF3N. The van der Waals surface area contributed by atoms with E-state index in [-0.39, 0.29) is 12.8 Å². The van der Waals surface area contributed by atoms with Crippen LogP contribution < -0.4 is 5.73 Å². The van der Waals surface area contributed by atoms with E-state index < -0.39 is 16.5 Å². The van der Waals surface area contributed by atoms with Gasteiger partial charge in [-0.3, -0.25) is 0 Å². The van der Waals surface area contributed by atoms with Gasteiger partial charge in [0.25, 0.3) is 0 Å². The van der Waals surface area contributed by atoms with Crippen molar-refractivity contribution >= 4 is 15.9 Å². The largest absolute Gasteiger partial charge is 0.334 e. The molecule has 0 aromatic carbocycles. The van der Waals surface area contributed by atoms with Crippen LogP contribution in [0.2, 0.25) is 0 Å². The Balaban J connectivity index is 2.57. The molecule has 0 saturated heterocycles. The molecule has 0 unspecified atom stereocenters. The average molecular weight is 218 g/mol. The molecule has 1 fully saturated rings. The molecule has 0 spiro atoms. The number of halogens is 4. The van der Waals surface area contributed by atoms with Crippen LogP contribution >= 0.6 is 15.9 Å². The Morgan fingerprint density at radius 2 is 1.90 bits per heavy atom. The van der Waals surface area contributed by atoms with E-state index in [9.17, 15) is 13.2 Å². The van der Waals surface area contributed by atoms with Crippen LogP contribution in [0.15, 0.2) is 0 Å². The highest BCUT2D eigenvalue weighted by molar-refractivity contribution is 9.10. The molecule has 0 aliphatic heterocycles. The summed E-state index contributed by atoms with van der Waals surface area (Å²) in [6.07, 6.45) is -0.517. The van der Waals surface area contributed by atoms with Crippen molar-refractivity contribution in [2.45, 2.75) is 29.4 Å². The zero-order chi connectivity index (χ0) is 7.99. The van der Waals surface area contributed by atoms with Gasteiger partial charge >= 0.3 is 4.83 Å². The van der Waals surface area contributed by atoms with Crippen molar-refractivity contribution in [3.8, 4) is 0 Å². The summed E-state index contributed by atoms with van der Waals surface area (Å²) in [5, 5.41) is 0. The molecule has 10 heavy (non-hydrogen) atoms. The molecule has 1 rings (SSSR count). The molecule has 0 heterocycles. The summed E-state index contributed by atoms with van der Waals surface area (Å²) in [7, 11) is 0. The van der Waals surface area contributed by atoms with E-state index in [1.165, 1.54) is 0 Å². The topological polar surface area (TPSA) is 26.0 Å². The van der Waals surface area contributed by atoms with Crippen LogP contribution in [0, 0.1) is 0 Å². The minimum Gasteiger partial charge on any atom is -0.327 e. The molecule has 60 valence electrons. The van der Waals surface area contributed by atoms with Gasteiger partial charge in [0.05, 0.1) is 0 Å². The van der Waals surface area contributed by atoms with Crippen molar-refractivity contribution < 1.29 is 13.2 Å². The Morgan fingerprint density at radius 1 is 1.50 bits per heavy atom. The van der Waals surface area contributed by atoms with Crippen molar-refractivity contribution in [2.75, 3.05) is 0 Å². The monoisotopic (exact) mass is 217 g/mol. The van der Waals surface area contributed by atoms with Gasteiger partial charge in [-0.25, -0.2) is 4.39 Å². The predicted molar refractivity (Wildman–Crippen MR) is 34.9 cm³/mol. The summed E-state index contributed by atoms with van der Waals surface area (Å²) in [5.41, 5.74) is 2.75. The summed E-state index contributed by atoms with van der Waals surface area (Å²) in [6, 6.07) is -0.409. The number of hydrogen-bond acceptors (Lipinski definition) is 1. The zero-order valence-corrected chi connectivity index (χ0v) is 6.67. The molecule has 1 nitrogen and oxygen atoms in total. The average Bonchev–Trinajstić information content (AvgIpc) is 1.58. The quantitative estimate of drug-likeness (QED) is 0.667. The first-order valence-electron chi connectivity index (χ1n) is 2.86. The minimum absolute atomic E-state index is 0.259. The summed E-state index contributed by atoms with van der Waals surface area (Å²) in [4.78, 5) is -3.42. The minimum atomic E-state index is -3.42. The third kappa shape index (κ3) is 1.16. The first-order chi connectivity index (χ1) is 4.35. The van der Waals surface area contributed by atoms with Crippen LogP contribution in [-0.2, 0) is 0 Å². The molecule has 0 radical (unpaired) electrons. The highest BCUT2D eigenvalue weighted by Crippen LogP contribution is 2.50. The molecule has 1 aliphatic rings. The second kappa shape index (κ2) is 2.11. The van der Waals surface area contributed by atoms with Crippen molar-refractivity contribution in [3.63, 3.8) is 0 Å². The van der Waals surface area contributed by atoms with Gasteiger partial charge in [-0.05, 0) is 15.9 Å². The van der Waals surface area contributed by atoms with Crippen molar-refractivity contribution in [3.05, 3.63) is 0 Å². The Bertz CT molecular complexity index is 138. The smallest absolute Gasteiger partial charge is 0.327 e. The fourth-order valence-corrected chi connectivity index (χ4v) is 1.33. The van der Waals surface area contributed by atoms with Crippen molar-refractivity contribution in [1.29, 1.82) is 0 Å². The summed E-state index contributed by atoms with van der Waals surface area (Å²) in [5.74, 6) is 0. The SMILES string of the molecule is NC1CC(F)(C(F)(F)Br)C1. The number of nitrogens with two attached hydrogens (primary N) is 1. The summed E-state index contributed by atoms with van der Waals surface area (Å²) in [6.45, 7) is 0. The van der Waals surface area contributed by atoms with Crippen LogP contribution in [0.1, 0.15) is 12.8 Å². The molecule has 1 saturated carbocycles. The molecule has 0 bridgehead atoms. The molecule has 2 N–H and O–H groups in total. The maximum Gasteiger partial charge on any atom is 0.334 e. The van der Waals surface area contributed by atoms with Gasteiger partial charge in [0.2, 0.25) is 0 Å². The second-order valence-corrected chi connectivity index (χ2v) is 3.63. The van der Waals surface area contributed by atoms with Gasteiger partial charge in [0.1, 0.15) is 0 Å². The first-order valence-corrected chi connectivity index (χ1v) is 3.66. The Kier molecular flexibility index (Phi) is 1.75. The highest BCUT2D eigenvalue weighted by atomic mass is 79.9. The van der Waals surface area contributed by atoms with Gasteiger partial charge in [-0.15, -0.1) is 0 Å². The third-order valence-electron chi connectivity index (χ3n) is 1.68. The summed E-state index contributed by atoms with van der Waals surface area (Å²) < 4.78 is 37.2. The second-order valence-electron chi connectivity index (χ2n) is 2.63. The fraction of sp³-hybridized carbons (Fsp3) is 1.00. The van der Waals surface area contributed by atoms with Crippen LogP contribution in [-0.4, -0.2) is 16.5 Å². The Morgan fingerprint density at radius 3 is 2.00 bits per heavy atom. The van der Waals surface area contributed by atoms with Gasteiger partial charge in [0, 0.05) is 18.9 Å². The first kappa shape index (κ1) is 8.33. The van der Waals surface area contributed by atoms with Gasteiger partial charge in [0.15, 0.2) is 5.67 Å². The lowest BCUT2D eigenvalue weighted by molar-refractivity contribution is -0.113. The molecule has 0 aromatic heterocycles. The van der Waals surface area contributed by atoms with Crippen LogP contribution in [0.5, 0.6) is 0 Å². The molecule has 0 amide bonds. The van der Waals surface area contributed by atoms with Crippen molar-refractivity contribution in [2.24, 2.45) is 5.73 Å². The number of rotatable bonds is 1. The van der Waals surface area contributed by atoms with Gasteiger partial charge in [-0.2, -0.15) is 8.78 Å². The van der Waals surface area contributed by atoms with E-state index in [0.717, 1.165) is 0 Å². The van der Waals surface area contributed by atoms with Crippen molar-refractivity contribution in [1.82, 2.24) is 0 Å². The lowest BCUT2D eigenvalue weighted by Crippen LogP contribution is -2.56. The van der Waals surface area contributed by atoms with Gasteiger partial charge in [-0.1, -0.05) is 0 Å². The maximum absolute atomic E-state index is 12.8. The summed E-state index contributed by atoms with van der Waals surface area (Å²) >= 11 is 1.98. The van der Waals surface area contributed by atoms with E-state index in [1.807, 2.05) is 15.9 Å². The third-order valence-corrected chi connectivity index (χ3v) is 2.39. The molecule has 0 atom stereocenters. The number of alkyl halides is 4. The van der Waals surface area contributed by atoms with Crippen LogP contribution in [0.4, 0.5) is 13.2 Å². The van der Waals surface area contributed by atoms with E-state index in [1.54, 1.807) is 0 Å². The van der Waals surface area contributed by atoms with Gasteiger partial charge < -0.3 is 5.73 Å². The zero-order valence-electron chi connectivity index (χ0n) is 5.08. The fourth-order valence-electron chi connectivity index (χ4n) is 1.00. The van der Waals surface area contributed by atoms with E-state index in [4.69, 9.17) is 5.73 Å². The predicted octanol–water partition coefficient (Wildman–Crippen LogP) is 1.80. The standard InChI is InChI=1S/C5H7BrF3N/c6-5(8,9)4(7)1-3(10)2-4/h3H,1-2,10H2. The van der Waals surface area contributed by atoms with Crippen LogP contribution in [0.3, 0.4) is 0 Å². The molecular weight excluding hydrogens is 211 g/mol. The van der Waals surface area contributed by atoms with Crippen LogP contribution in [0.25, 0.3) is 0 Å². The molecule has 0 aromatic rings. The maximum atomic E-state index is 12.8. The van der Waals surface area contributed by atoms with E-state index >= 15 is 0 Å².